The molecular formula is C16H22N4. The lowest BCUT2D eigenvalue weighted by atomic mass is 9.98. The Morgan fingerprint density at radius 2 is 2.20 bits per heavy atom. The quantitative estimate of drug-likeness (QED) is 0.871. The smallest absolute Gasteiger partial charge is 0.0597 e. The van der Waals surface area contributed by atoms with Gasteiger partial charge >= 0.3 is 0 Å². The minimum atomic E-state index is 0.923. The van der Waals surface area contributed by atoms with Gasteiger partial charge in [0.2, 0.25) is 0 Å². The van der Waals surface area contributed by atoms with E-state index in [1.807, 2.05) is 6.07 Å². The van der Waals surface area contributed by atoms with E-state index in [4.69, 9.17) is 5.73 Å². The first kappa shape index (κ1) is 13.2. The third-order valence-electron chi connectivity index (χ3n) is 4.06. The fraction of sp³-hybridized carbons (Fsp3) is 0.438. The van der Waals surface area contributed by atoms with Gasteiger partial charge in [0, 0.05) is 31.9 Å². The van der Waals surface area contributed by atoms with Crippen LogP contribution in [0.4, 0.5) is 5.69 Å². The van der Waals surface area contributed by atoms with E-state index in [1.54, 1.807) is 0 Å². The minimum absolute atomic E-state index is 0.923. The molecule has 3 rings (SSSR count). The zero-order chi connectivity index (χ0) is 14.1. The molecule has 0 saturated carbocycles. The van der Waals surface area contributed by atoms with E-state index in [2.05, 4.69) is 46.7 Å². The molecule has 1 aliphatic heterocycles. The summed E-state index contributed by atoms with van der Waals surface area (Å²) in [7, 11) is 0. The van der Waals surface area contributed by atoms with Gasteiger partial charge in [-0.25, -0.2) is 0 Å². The molecule has 4 nitrogen and oxygen atoms in total. The van der Waals surface area contributed by atoms with Crippen LogP contribution in [0.2, 0.25) is 0 Å². The molecule has 0 amide bonds. The molecule has 0 aliphatic carbocycles. The van der Waals surface area contributed by atoms with Crippen molar-refractivity contribution in [1.82, 2.24) is 14.7 Å². The van der Waals surface area contributed by atoms with Gasteiger partial charge in [-0.1, -0.05) is 12.1 Å². The molecule has 0 bridgehead atoms. The van der Waals surface area contributed by atoms with Crippen molar-refractivity contribution in [2.24, 2.45) is 0 Å². The third-order valence-corrected chi connectivity index (χ3v) is 4.06. The van der Waals surface area contributed by atoms with Crippen LogP contribution in [0.5, 0.6) is 0 Å². The van der Waals surface area contributed by atoms with E-state index < -0.39 is 0 Å². The first-order chi connectivity index (χ1) is 9.67. The molecule has 0 unspecified atom stereocenters. The fourth-order valence-electron chi connectivity index (χ4n) is 3.03. The fourth-order valence-corrected chi connectivity index (χ4v) is 3.03. The molecule has 2 N–H and O–H groups in total. The predicted molar refractivity (Wildman–Crippen MR) is 81.3 cm³/mol. The molecule has 2 aromatic rings. The summed E-state index contributed by atoms with van der Waals surface area (Å²) < 4.78 is 2.10. The number of anilines is 1. The second-order valence-electron chi connectivity index (χ2n) is 5.54. The van der Waals surface area contributed by atoms with Crippen LogP contribution >= 0.6 is 0 Å². The number of nitrogen functional groups attached to an aromatic ring is 1. The summed E-state index contributed by atoms with van der Waals surface area (Å²) in [6, 6.07) is 8.44. The van der Waals surface area contributed by atoms with Gasteiger partial charge in [-0.2, -0.15) is 5.10 Å². The van der Waals surface area contributed by atoms with Crippen LogP contribution in [-0.4, -0.2) is 21.2 Å². The number of benzene rings is 1. The molecule has 106 valence electrons. The van der Waals surface area contributed by atoms with E-state index in [1.165, 1.54) is 16.8 Å². The number of fused-ring (bicyclic) bond motifs is 1. The number of nitrogens with two attached hydrogens (primary N) is 1. The predicted octanol–water partition coefficient (Wildman–Crippen LogP) is 2.35. The van der Waals surface area contributed by atoms with Gasteiger partial charge in [0.15, 0.2) is 0 Å². The van der Waals surface area contributed by atoms with Crippen LogP contribution in [0, 0.1) is 6.92 Å². The Balaban J connectivity index is 1.79. The van der Waals surface area contributed by atoms with Crippen molar-refractivity contribution < 1.29 is 0 Å². The highest BCUT2D eigenvalue weighted by Gasteiger charge is 2.19. The van der Waals surface area contributed by atoms with Gasteiger partial charge in [0.25, 0.3) is 0 Å². The lowest BCUT2D eigenvalue weighted by molar-refractivity contribution is 0.238. The summed E-state index contributed by atoms with van der Waals surface area (Å²) in [4.78, 5) is 2.46. The Labute approximate surface area is 120 Å². The molecule has 0 fully saturated rings. The number of nitrogens with zero attached hydrogens (tertiary/aromatic N) is 3. The van der Waals surface area contributed by atoms with Crippen molar-refractivity contribution in [2.45, 2.75) is 39.9 Å². The Hall–Kier alpha value is -1.81. The molecular weight excluding hydrogens is 248 g/mol. The summed E-state index contributed by atoms with van der Waals surface area (Å²) in [5.74, 6) is 0. The molecule has 2 heterocycles. The Morgan fingerprint density at radius 3 is 3.00 bits per heavy atom. The number of hydrogen-bond donors (Lipinski definition) is 1. The van der Waals surface area contributed by atoms with Gasteiger partial charge in [0.05, 0.1) is 11.4 Å². The maximum atomic E-state index is 6.11. The standard InChI is InChI=1S/C16H22N4/c1-3-20-14(9-12(2)18-20)10-19-8-7-13-5-4-6-16(17)15(13)11-19/h4-6,9H,3,7-8,10-11,17H2,1-2H3. The average molecular weight is 270 g/mol. The Kier molecular flexibility index (Phi) is 3.49. The van der Waals surface area contributed by atoms with E-state index in [9.17, 15) is 0 Å². The third kappa shape index (κ3) is 2.43. The van der Waals surface area contributed by atoms with Crippen LogP contribution in [0.15, 0.2) is 24.3 Å². The molecule has 1 aromatic carbocycles. The van der Waals surface area contributed by atoms with Crippen LogP contribution in [0.3, 0.4) is 0 Å². The van der Waals surface area contributed by atoms with Crippen molar-refractivity contribution >= 4 is 5.69 Å². The molecule has 1 aliphatic rings. The zero-order valence-electron chi connectivity index (χ0n) is 12.3. The normalized spacial score (nSPS) is 15.3. The summed E-state index contributed by atoms with van der Waals surface area (Å²) in [6.07, 6.45) is 1.08. The molecule has 0 saturated heterocycles. The second-order valence-corrected chi connectivity index (χ2v) is 5.54. The topological polar surface area (TPSA) is 47.1 Å². The Morgan fingerprint density at radius 1 is 1.35 bits per heavy atom. The van der Waals surface area contributed by atoms with Crippen molar-refractivity contribution in [3.63, 3.8) is 0 Å². The largest absolute Gasteiger partial charge is 0.398 e. The molecule has 1 aromatic heterocycles. The highest BCUT2D eigenvalue weighted by Crippen LogP contribution is 2.25. The molecule has 20 heavy (non-hydrogen) atoms. The van der Waals surface area contributed by atoms with Crippen LogP contribution in [-0.2, 0) is 26.1 Å². The maximum absolute atomic E-state index is 6.11. The summed E-state index contributed by atoms with van der Waals surface area (Å²) in [5.41, 5.74) is 12.1. The SMILES string of the molecule is CCn1nc(C)cc1CN1CCc2cccc(N)c2C1. The molecule has 0 spiro atoms. The maximum Gasteiger partial charge on any atom is 0.0597 e. The van der Waals surface area contributed by atoms with E-state index in [-0.39, 0.29) is 0 Å². The molecule has 4 heteroatoms. The summed E-state index contributed by atoms with van der Waals surface area (Å²) in [6.45, 7) is 8.09. The van der Waals surface area contributed by atoms with Crippen LogP contribution in [0.25, 0.3) is 0 Å². The lowest BCUT2D eigenvalue weighted by Gasteiger charge is -2.29. The molecule has 0 atom stereocenters. The van der Waals surface area contributed by atoms with Gasteiger partial charge in [-0.05, 0) is 43.5 Å². The number of aromatic nitrogens is 2. The van der Waals surface area contributed by atoms with E-state index in [0.29, 0.717) is 0 Å². The number of hydrogen-bond acceptors (Lipinski definition) is 3. The average Bonchev–Trinajstić information content (AvgIpc) is 2.80. The van der Waals surface area contributed by atoms with E-state index in [0.717, 1.165) is 44.0 Å². The number of aryl methyl sites for hydroxylation is 2. The first-order valence-electron chi connectivity index (χ1n) is 7.29. The van der Waals surface area contributed by atoms with Gasteiger partial charge in [0.1, 0.15) is 0 Å². The highest BCUT2D eigenvalue weighted by molar-refractivity contribution is 5.51. The van der Waals surface area contributed by atoms with E-state index >= 15 is 0 Å². The van der Waals surface area contributed by atoms with Gasteiger partial charge < -0.3 is 5.73 Å². The van der Waals surface area contributed by atoms with Crippen molar-refractivity contribution in [1.29, 1.82) is 0 Å². The van der Waals surface area contributed by atoms with Crippen molar-refractivity contribution in [2.75, 3.05) is 12.3 Å². The van der Waals surface area contributed by atoms with Crippen molar-refractivity contribution in [3.8, 4) is 0 Å². The summed E-state index contributed by atoms with van der Waals surface area (Å²) >= 11 is 0. The highest BCUT2D eigenvalue weighted by atomic mass is 15.3. The monoisotopic (exact) mass is 270 g/mol. The van der Waals surface area contributed by atoms with Gasteiger partial charge in [-0.15, -0.1) is 0 Å². The lowest BCUT2D eigenvalue weighted by Crippen LogP contribution is -2.31. The summed E-state index contributed by atoms with van der Waals surface area (Å²) in [5, 5.41) is 4.52. The van der Waals surface area contributed by atoms with Crippen LogP contribution < -0.4 is 5.73 Å². The molecule has 0 radical (unpaired) electrons. The minimum Gasteiger partial charge on any atom is -0.398 e. The zero-order valence-corrected chi connectivity index (χ0v) is 12.3. The number of rotatable bonds is 3. The second kappa shape index (κ2) is 5.29. The van der Waals surface area contributed by atoms with Gasteiger partial charge in [-0.3, -0.25) is 9.58 Å². The van der Waals surface area contributed by atoms with Crippen LogP contribution in [0.1, 0.15) is 29.4 Å². The van der Waals surface area contributed by atoms with Crippen molar-refractivity contribution in [3.05, 3.63) is 46.8 Å². The Bertz CT molecular complexity index is 615. The first-order valence-corrected chi connectivity index (χ1v) is 7.29.